The number of unbranched alkanes of at least 4 members (excludes halogenated alkanes) is 6. The number of esters is 2. The highest BCUT2D eigenvalue weighted by atomic mass is 31.2. The van der Waals surface area contributed by atoms with E-state index in [1.807, 2.05) is 0 Å². The van der Waals surface area contributed by atoms with Crippen LogP contribution in [0.25, 0.3) is 0 Å². The summed E-state index contributed by atoms with van der Waals surface area (Å²) in [4.78, 5) is 34.3. The number of rotatable bonds is 22. The molecule has 43 heavy (non-hydrogen) atoms. The molecular formula is C29H51O13P. The molecule has 0 aromatic heterocycles. The van der Waals surface area contributed by atoms with Crippen LogP contribution in [0, 0.1) is 0 Å². The van der Waals surface area contributed by atoms with Crippen molar-refractivity contribution in [3.63, 3.8) is 0 Å². The molecule has 0 aliphatic heterocycles. The lowest BCUT2D eigenvalue weighted by Gasteiger charge is -2.41. The molecule has 250 valence electrons. The van der Waals surface area contributed by atoms with Crippen molar-refractivity contribution in [2.45, 2.75) is 134 Å². The lowest BCUT2D eigenvalue weighted by molar-refractivity contribution is -0.220. The highest BCUT2D eigenvalue weighted by molar-refractivity contribution is 7.47. The maximum absolute atomic E-state index is 12.5. The second-order valence-corrected chi connectivity index (χ2v) is 12.0. The first-order valence-corrected chi connectivity index (χ1v) is 16.6. The fourth-order valence-corrected chi connectivity index (χ4v) is 5.21. The third-order valence-corrected chi connectivity index (χ3v) is 7.73. The van der Waals surface area contributed by atoms with E-state index in [2.05, 4.69) is 31.2 Å². The van der Waals surface area contributed by atoms with Crippen molar-refractivity contribution in [1.82, 2.24) is 0 Å². The number of aliphatic hydroxyl groups is 5. The van der Waals surface area contributed by atoms with Crippen molar-refractivity contribution >= 4 is 19.8 Å². The summed E-state index contributed by atoms with van der Waals surface area (Å²) < 4.78 is 32.5. The van der Waals surface area contributed by atoms with Gasteiger partial charge in [0, 0.05) is 12.8 Å². The van der Waals surface area contributed by atoms with Gasteiger partial charge in [0.15, 0.2) is 6.10 Å². The highest BCUT2D eigenvalue weighted by Gasteiger charge is 2.51. The number of carbonyl (C=O) groups is 2. The van der Waals surface area contributed by atoms with E-state index >= 15 is 0 Å². The van der Waals surface area contributed by atoms with Gasteiger partial charge < -0.3 is 39.9 Å². The van der Waals surface area contributed by atoms with Crippen molar-refractivity contribution in [3.8, 4) is 0 Å². The van der Waals surface area contributed by atoms with Crippen molar-refractivity contribution in [2.75, 3.05) is 13.2 Å². The quantitative estimate of drug-likeness (QED) is 0.0437. The van der Waals surface area contributed by atoms with Crippen LogP contribution in [0.2, 0.25) is 0 Å². The van der Waals surface area contributed by atoms with E-state index in [4.69, 9.17) is 18.5 Å². The summed E-state index contributed by atoms with van der Waals surface area (Å²) in [7, 11) is -5.08. The molecule has 0 spiro atoms. The predicted octanol–water partition coefficient (Wildman–Crippen LogP) is 2.60. The maximum Gasteiger partial charge on any atom is 0.472 e. The van der Waals surface area contributed by atoms with Gasteiger partial charge in [-0.1, -0.05) is 63.8 Å². The van der Waals surface area contributed by atoms with E-state index in [1.54, 1.807) is 6.92 Å². The van der Waals surface area contributed by atoms with Crippen molar-refractivity contribution < 1.29 is 63.1 Å². The smallest absolute Gasteiger partial charge is 0.462 e. The third-order valence-electron chi connectivity index (χ3n) is 6.75. The molecule has 0 amide bonds. The van der Waals surface area contributed by atoms with Crippen molar-refractivity contribution in [3.05, 3.63) is 24.3 Å². The number of hydrogen-bond acceptors (Lipinski definition) is 12. The first kappa shape index (κ1) is 39.4. The van der Waals surface area contributed by atoms with E-state index in [0.717, 1.165) is 51.4 Å². The Kier molecular flexibility index (Phi) is 20.1. The van der Waals surface area contributed by atoms with Gasteiger partial charge >= 0.3 is 19.8 Å². The van der Waals surface area contributed by atoms with Crippen LogP contribution in [-0.2, 0) is 32.7 Å². The molecule has 0 heterocycles. The van der Waals surface area contributed by atoms with Crippen LogP contribution in [0.4, 0.5) is 0 Å². The zero-order chi connectivity index (χ0) is 32.3. The lowest BCUT2D eigenvalue weighted by Crippen LogP contribution is -2.64. The van der Waals surface area contributed by atoms with Gasteiger partial charge in [0.25, 0.3) is 0 Å². The van der Waals surface area contributed by atoms with E-state index < -0.39 is 75.7 Å². The predicted molar refractivity (Wildman–Crippen MR) is 157 cm³/mol. The van der Waals surface area contributed by atoms with Crippen LogP contribution in [0.3, 0.4) is 0 Å². The third kappa shape index (κ3) is 16.3. The summed E-state index contributed by atoms with van der Waals surface area (Å²) in [5.74, 6) is -1.18. The first-order valence-electron chi connectivity index (χ1n) is 15.1. The standard InChI is InChI=1S/C29H51O13P/c1-3-5-6-7-8-9-10-11-12-13-14-15-16-18-23(31)41-21(19-39-22(30)17-4-2)20-40-43(37,38)42-29-27(35)25(33)24(32)26(34)28(29)36/h6-7,9-10,21,24-29,32-36H,3-5,8,11-20H2,1-2H3,(H,37,38)/b7-6-,10-9-. The van der Waals surface area contributed by atoms with Gasteiger partial charge in [-0.15, -0.1) is 0 Å². The zero-order valence-electron chi connectivity index (χ0n) is 25.2. The number of phosphoric ester groups is 1. The molecule has 1 rings (SSSR count). The van der Waals surface area contributed by atoms with Crippen LogP contribution < -0.4 is 0 Å². The van der Waals surface area contributed by atoms with Crippen molar-refractivity contribution in [1.29, 1.82) is 0 Å². The molecule has 13 nitrogen and oxygen atoms in total. The van der Waals surface area contributed by atoms with Gasteiger partial charge in [0.2, 0.25) is 0 Å². The van der Waals surface area contributed by atoms with E-state index in [9.17, 15) is 44.6 Å². The molecular weight excluding hydrogens is 587 g/mol. The van der Waals surface area contributed by atoms with Gasteiger partial charge in [-0.25, -0.2) is 4.57 Å². The van der Waals surface area contributed by atoms with Gasteiger partial charge in [0.1, 0.15) is 43.2 Å². The Morgan fingerprint density at radius 3 is 1.93 bits per heavy atom. The maximum atomic E-state index is 12.5. The Morgan fingerprint density at radius 2 is 1.30 bits per heavy atom. The monoisotopic (exact) mass is 638 g/mol. The molecule has 1 fully saturated rings. The number of aliphatic hydroxyl groups excluding tert-OH is 5. The van der Waals surface area contributed by atoms with Gasteiger partial charge in [-0.3, -0.25) is 18.6 Å². The number of carbonyl (C=O) groups excluding carboxylic acids is 2. The summed E-state index contributed by atoms with van der Waals surface area (Å²) in [5, 5.41) is 49.3. The SMILES string of the molecule is CCC/C=C\C/C=C\CCCCCCCC(=O)OC(COC(=O)CCC)COP(=O)(O)OC1C(O)C(O)C(O)C(O)C1O. The van der Waals surface area contributed by atoms with Gasteiger partial charge in [0.05, 0.1) is 6.61 Å². The molecule has 0 radical (unpaired) electrons. The lowest BCUT2D eigenvalue weighted by atomic mass is 9.85. The summed E-state index contributed by atoms with van der Waals surface area (Å²) in [6.45, 7) is 2.72. The number of hydrogen-bond donors (Lipinski definition) is 6. The second kappa shape index (κ2) is 21.9. The topological polar surface area (TPSA) is 210 Å². The normalized spacial score (nSPS) is 26.4. The van der Waals surface area contributed by atoms with Gasteiger partial charge in [-0.2, -0.15) is 0 Å². The summed E-state index contributed by atoms with van der Waals surface area (Å²) in [5.41, 5.74) is 0. The Balaban J connectivity index is 2.51. The Hall–Kier alpha value is -1.67. The van der Waals surface area contributed by atoms with E-state index in [0.29, 0.717) is 12.8 Å². The minimum atomic E-state index is -5.08. The summed E-state index contributed by atoms with van der Waals surface area (Å²) in [6.07, 6.45) is 4.81. The van der Waals surface area contributed by atoms with Crippen molar-refractivity contribution in [2.24, 2.45) is 0 Å². The summed E-state index contributed by atoms with van der Waals surface area (Å²) >= 11 is 0. The molecule has 6 unspecified atom stereocenters. The molecule has 1 saturated carbocycles. The molecule has 14 heteroatoms. The van der Waals surface area contributed by atoms with Crippen LogP contribution in [-0.4, -0.2) is 98.3 Å². The number of allylic oxidation sites excluding steroid dienone is 4. The average Bonchev–Trinajstić information content (AvgIpc) is 2.97. The fraction of sp³-hybridized carbons (Fsp3) is 0.793. The van der Waals surface area contributed by atoms with Crippen LogP contribution in [0.15, 0.2) is 24.3 Å². The fourth-order valence-electron chi connectivity index (χ4n) is 4.24. The van der Waals surface area contributed by atoms with Crippen LogP contribution in [0.1, 0.15) is 90.9 Å². The minimum absolute atomic E-state index is 0.0786. The largest absolute Gasteiger partial charge is 0.472 e. The van der Waals surface area contributed by atoms with Crippen LogP contribution in [0.5, 0.6) is 0 Å². The Labute approximate surface area is 254 Å². The Morgan fingerprint density at radius 1 is 0.721 bits per heavy atom. The summed E-state index contributed by atoms with van der Waals surface area (Å²) in [6, 6.07) is 0. The molecule has 6 N–H and O–H groups in total. The van der Waals surface area contributed by atoms with E-state index in [1.165, 1.54) is 0 Å². The zero-order valence-corrected chi connectivity index (χ0v) is 26.1. The molecule has 0 saturated heterocycles. The number of ether oxygens (including phenoxy) is 2. The molecule has 1 aliphatic rings. The number of phosphoric acid groups is 1. The minimum Gasteiger partial charge on any atom is -0.462 e. The van der Waals surface area contributed by atoms with Gasteiger partial charge in [-0.05, 0) is 38.5 Å². The second-order valence-electron chi connectivity index (χ2n) is 10.6. The Bertz CT molecular complexity index is 880. The molecule has 0 aromatic rings. The molecule has 0 bridgehead atoms. The average molecular weight is 639 g/mol. The highest BCUT2D eigenvalue weighted by Crippen LogP contribution is 2.47. The molecule has 0 aromatic carbocycles. The van der Waals surface area contributed by atoms with E-state index in [-0.39, 0.29) is 12.8 Å². The molecule has 6 atom stereocenters. The van der Waals surface area contributed by atoms with Crippen LogP contribution >= 0.6 is 7.82 Å². The first-order chi connectivity index (χ1) is 20.4. The molecule has 1 aliphatic carbocycles.